The maximum Gasteiger partial charge on any atom is 0.338 e. The summed E-state index contributed by atoms with van der Waals surface area (Å²) in [6.45, 7) is 4.50. The Morgan fingerprint density at radius 2 is 1.71 bits per heavy atom. The van der Waals surface area contributed by atoms with Gasteiger partial charge in [0.05, 0.1) is 31.5 Å². The largest absolute Gasteiger partial charge is 0.497 e. The van der Waals surface area contributed by atoms with Crippen LogP contribution < -0.4 is 20.1 Å². The van der Waals surface area contributed by atoms with E-state index in [9.17, 15) is 9.59 Å². The highest BCUT2D eigenvalue weighted by Gasteiger charge is 2.34. The molecule has 180 valence electrons. The summed E-state index contributed by atoms with van der Waals surface area (Å²) in [4.78, 5) is 25.5. The van der Waals surface area contributed by atoms with Gasteiger partial charge in [0, 0.05) is 0 Å². The molecule has 4 rings (SSSR count). The van der Waals surface area contributed by atoms with Crippen molar-refractivity contribution in [3.8, 4) is 11.5 Å². The van der Waals surface area contributed by atoms with Crippen molar-refractivity contribution >= 4 is 17.7 Å². The molecule has 2 amide bonds. The molecule has 35 heavy (non-hydrogen) atoms. The van der Waals surface area contributed by atoms with Gasteiger partial charge in [-0.15, -0.1) is 0 Å². The molecule has 1 aliphatic rings. The summed E-state index contributed by atoms with van der Waals surface area (Å²) in [6, 6.07) is 19.6. The van der Waals surface area contributed by atoms with E-state index in [1.54, 1.807) is 31.4 Å². The highest BCUT2D eigenvalue weighted by Crippen LogP contribution is 2.34. The normalized spacial score (nSPS) is 15.2. The number of urea groups is 1. The van der Waals surface area contributed by atoms with Gasteiger partial charge in [-0.3, -0.25) is 0 Å². The highest BCUT2D eigenvalue weighted by molar-refractivity contribution is 6.04. The molecule has 0 bridgehead atoms. The second-order valence-electron chi connectivity index (χ2n) is 8.33. The van der Waals surface area contributed by atoms with Crippen molar-refractivity contribution in [2.75, 3.05) is 14.2 Å². The molecule has 7 nitrogen and oxygen atoms in total. The van der Waals surface area contributed by atoms with Crippen LogP contribution in [0.4, 0.5) is 4.79 Å². The van der Waals surface area contributed by atoms with E-state index in [2.05, 4.69) is 28.8 Å². The minimum absolute atomic E-state index is 0.295. The zero-order chi connectivity index (χ0) is 24.9. The zero-order valence-corrected chi connectivity index (χ0v) is 20.2. The van der Waals surface area contributed by atoms with Crippen LogP contribution in [0.3, 0.4) is 0 Å². The monoisotopic (exact) mass is 472 g/mol. The second-order valence-corrected chi connectivity index (χ2v) is 8.33. The van der Waals surface area contributed by atoms with Gasteiger partial charge in [-0.2, -0.15) is 0 Å². The molecule has 0 fully saturated rings. The van der Waals surface area contributed by atoms with Crippen molar-refractivity contribution in [2.24, 2.45) is 0 Å². The van der Waals surface area contributed by atoms with E-state index in [0.29, 0.717) is 40.5 Å². The number of ether oxygens (including phenoxy) is 3. The van der Waals surface area contributed by atoms with Crippen molar-refractivity contribution in [3.63, 3.8) is 0 Å². The Balaban J connectivity index is 1.69. The lowest BCUT2D eigenvalue weighted by Crippen LogP contribution is -2.45. The fourth-order valence-corrected chi connectivity index (χ4v) is 4.03. The predicted octanol–water partition coefficient (Wildman–Crippen LogP) is 4.83. The van der Waals surface area contributed by atoms with Crippen LogP contribution >= 0.6 is 0 Å². The van der Waals surface area contributed by atoms with Gasteiger partial charge >= 0.3 is 12.0 Å². The molecule has 1 atom stereocenters. The minimum atomic E-state index is -0.724. The van der Waals surface area contributed by atoms with Crippen LogP contribution in [-0.2, 0) is 16.1 Å². The Labute approximate surface area is 204 Å². The Morgan fingerprint density at radius 3 is 2.43 bits per heavy atom. The van der Waals surface area contributed by atoms with Crippen molar-refractivity contribution < 1.29 is 23.8 Å². The number of methoxy groups -OCH3 is 2. The molecule has 0 saturated carbocycles. The van der Waals surface area contributed by atoms with E-state index in [4.69, 9.17) is 14.2 Å². The summed E-state index contributed by atoms with van der Waals surface area (Å²) >= 11 is 0. The minimum Gasteiger partial charge on any atom is -0.497 e. The lowest BCUT2D eigenvalue weighted by molar-refractivity contribution is -0.136. The van der Waals surface area contributed by atoms with E-state index < -0.39 is 18.0 Å². The van der Waals surface area contributed by atoms with Crippen LogP contribution in [0.15, 0.2) is 72.3 Å². The van der Waals surface area contributed by atoms with Crippen molar-refractivity contribution in [3.05, 3.63) is 100 Å². The number of amides is 2. The Bertz CT molecular complexity index is 1280. The lowest BCUT2D eigenvalue weighted by Gasteiger charge is -2.29. The first-order valence-electron chi connectivity index (χ1n) is 11.2. The van der Waals surface area contributed by atoms with Crippen LogP contribution in [-0.4, -0.2) is 26.2 Å². The van der Waals surface area contributed by atoms with Crippen molar-refractivity contribution in [1.29, 1.82) is 0 Å². The summed E-state index contributed by atoms with van der Waals surface area (Å²) in [7, 11) is 2.89. The van der Waals surface area contributed by atoms with E-state index >= 15 is 0 Å². The SMILES string of the molecule is COC(=O)C1=C(c2ccc(OC)cc2)NC(=O)NC1c1cccc(OCc2cc(C)ccc2C)c1. The molecule has 2 N–H and O–H groups in total. The molecule has 3 aromatic carbocycles. The number of aryl methyl sites for hydroxylation is 2. The first-order valence-corrected chi connectivity index (χ1v) is 11.2. The molecule has 0 radical (unpaired) electrons. The van der Waals surface area contributed by atoms with Crippen LogP contribution in [0.1, 0.15) is 33.9 Å². The molecule has 0 spiro atoms. The summed E-state index contributed by atoms with van der Waals surface area (Å²) < 4.78 is 16.4. The number of hydrogen-bond donors (Lipinski definition) is 2. The van der Waals surface area contributed by atoms with Gasteiger partial charge in [0.2, 0.25) is 0 Å². The number of esters is 1. The molecular formula is C28H28N2O5. The average molecular weight is 473 g/mol. The summed E-state index contributed by atoms with van der Waals surface area (Å²) in [5.74, 6) is 0.751. The Hall–Kier alpha value is -4.26. The highest BCUT2D eigenvalue weighted by atomic mass is 16.5. The summed E-state index contributed by atoms with van der Waals surface area (Å²) in [5, 5.41) is 5.61. The van der Waals surface area contributed by atoms with Gasteiger partial charge in [0.25, 0.3) is 0 Å². The van der Waals surface area contributed by atoms with Gasteiger partial charge in [-0.05, 0) is 72.5 Å². The van der Waals surface area contributed by atoms with E-state index in [0.717, 1.165) is 11.1 Å². The quantitative estimate of drug-likeness (QED) is 0.481. The summed E-state index contributed by atoms with van der Waals surface area (Å²) in [5.41, 5.74) is 5.45. The first kappa shape index (κ1) is 23.9. The number of hydrogen-bond acceptors (Lipinski definition) is 5. The summed E-state index contributed by atoms with van der Waals surface area (Å²) in [6.07, 6.45) is 0. The van der Waals surface area contributed by atoms with Crippen molar-refractivity contribution in [1.82, 2.24) is 10.6 Å². The third kappa shape index (κ3) is 5.30. The number of benzene rings is 3. The lowest BCUT2D eigenvalue weighted by atomic mass is 9.92. The van der Waals surface area contributed by atoms with Crippen LogP contribution in [0.5, 0.6) is 11.5 Å². The number of carbonyl (C=O) groups is 2. The predicted molar refractivity (Wildman–Crippen MR) is 133 cm³/mol. The smallest absolute Gasteiger partial charge is 0.338 e. The molecule has 0 aromatic heterocycles. The Kier molecular flexibility index (Phi) is 7.06. The third-order valence-electron chi connectivity index (χ3n) is 5.95. The molecule has 1 heterocycles. The van der Waals surface area contributed by atoms with E-state index in [1.807, 2.05) is 38.1 Å². The Morgan fingerprint density at radius 1 is 0.943 bits per heavy atom. The second kappa shape index (κ2) is 10.3. The van der Waals surface area contributed by atoms with Gasteiger partial charge in [-0.1, -0.05) is 35.9 Å². The van der Waals surface area contributed by atoms with Gasteiger partial charge in [0.1, 0.15) is 18.1 Å². The van der Waals surface area contributed by atoms with Crippen molar-refractivity contribution in [2.45, 2.75) is 26.5 Å². The molecule has 0 aliphatic carbocycles. The first-order chi connectivity index (χ1) is 16.9. The zero-order valence-electron chi connectivity index (χ0n) is 20.2. The van der Waals surface area contributed by atoms with Gasteiger partial charge in [-0.25, -0.2) is 9.59 Å². The fourth-order valence-electron chi connectivity index (χ4n) is 4.03. The molecule has 1 aliphatic heterocycles. The molecular weight excluding hydrogens is 444 g/mol. The van der Waals surface area contributed by atoms with Crippen LogP contribution in [0, 0.1) is 13.8 Å². The maximum atomic E-state index is 12.9. The molecule has 7 heteroatoms. The van der Waals surface area contributed by atoms with Crippen LogP contribution in [0.25, 0.3) is 5.70 Å². The fraction of sp³-hybridized carbons (Fsp3) is 0.214. The topological polar surface area (TPSA) is 85.9 Å². The van der Waals surface area contributed by atoms with Gasteiger partial charge in [0.15, 0.2) is 0 Å². The van der Waals surface area contributed by atoms with E-state index in [-0.39, 0.29) is 0 Å². The number of rotatable bonds is 7. The molecule has 0 saturated heterocycles. The number of nitrogens with one attached hydrogen (secondary N) is 2. The molecule has 3 aromatic rings. The van der Waals surface area contributed by atoms with E-state index in [1.165, 1.54) is 12.7 Å². The van der Waals surface area contributed by atoms with Gasteiger partial charge < -0.3 is 24.8 Å². The maximum absolute atomic E-state index is 12.9. The third-order valence-corrected chi connectivity index (χ3v) is 5.95. The number of carbonyl (C=O) groups excluding carboxylic acids is 2. The standard InChI is InChI=1S/C28H28N2O5/c1-17-8-9-18(2)21(14-17)16-35-23-7-5-6-20(15-23)26-24(27(31)34-4)25(29-28(32)30-26)19-10-12-22(33-3)13-11-19/h5-15,26H,16H2,1-4H3,(H2,29,30,32). The molecule has 1 unspecified atom stereocenters. The van der Waals surface area contributed by atoms with Crippen LogP contribution in [0.2, 0.25) is 0 Å². The average Bonchev–Trinajstić information content (AvgIpc) is 2.88.